The third kappa shape index (κ3) is 4.96. The van der Waals surface area contributed by atoms with E-state index in [0.29, 0.717) is 11.1 Å². The Morgan fingerprint density at radius 3 is 1.80 bits per heavy atom. The average Bonchev–Trinajstić information content (AvgIpc) is 2.91. The van der Waals surface area contributed by atoms with Crippen molar-refractivity contribution in [2.24, 2.45) is 0 Å². The molecule has 1 heterocycles. The highest BCUT2D eigenvalue weighted by atomic mass is 31.2. The van der Waals surface area contributed by atoms with E-state index in [0.717, 1.165) is 10.5 Å². The maximum absolute atomic E-state index is 13.5. The number of nitrogens with zero attached hydrogens (tertiary/aromatic N) is 1. The van der Waals surface area contributed by atoms with E-state index in [1.807, 2.05) is 30.3 Å². The van der Waals surface area contributed by atoms with E-state index in [1.54, 1.807) is 52.0 Å². The summed E-state index contributed by atoms with van der Waals surface area (Å²) in [6.45, 7) is 7.01. The lowest BCUT2D eigenvalue weighted by Gasteiger charge is -2.24. The van der Waals surface area contributed by atoms with Gasteiger partial charge in [0.25, 0.3) is 11.8 Å². The standard InChI is InChI=1S/C23H26NO5P/c1-16(2)28-30(27,29-17(3)4)15-19(14-18-10-6-5-7-11-18)24-22(25)20-12-8-9-13-21(20)23(24)26/h5-13,15-17H,14H2,1-4H3/b19-15+. The molecule has 6 nitrogen and oxygen atoms in total. The summed E-state index contributed by atoms with van der Waals surface area (Å²) in [7, 11) is -3.73. The summed E-state index contributed by atoms with van der Waals surface area (Å²) < 4.78 is 24.8. The number of fused-ring (bicyclic) bond motifs is 1. The second-order valence-corrected chi connectivity index (χ2v) is 9.38. The van der Waals surface area contributed by atoms with Crippen LogP contribution in [0.5, 0.6) is 0 Å². The lowest BCUT2D eigenvalue weighted by molar-refractivity contribution is 0.0701. The highest BCUT2D eigenvalue weighted by Gasteiger charge is 2.39. The fourth-order valence-electron chi connectivity index (χ4n) is 3.29. The van der Waals surface area contributed by atoms with Gasteiger partial charge in [-0.05, 0) is 45.4 Å². The number of hydrogen-bond donors (Lipinski definition) is 0. The smallest absolute Gasteiger partial charge is 0.303 e. The van der Waals surface area contributed by atoms with Crippen molar-refractivity contribution in [3.63, 3.8) is 0 Å². The summed E-state index contributed by atoms with van der Waals surface area (Å²) in [5, 5.41) is 0. The van der Waals surface area contributed by atoms with Crippen molar-refractivity contribution in [3.8, 4) is 0 Å². The van der Waals surface area contributed by atoms with Crippen LogP contribution in [0.2, 0.25) is 0 Å². The van der Waals surface area contributed by atoms with E-state index in [4.69, 9.17) is 9.05 Å². The number of imide groups is 1. The van der Waals surface area contributed by atoms with Crippen LogP contribution in [0.1, 0.15) is 54.0 Å². The third-order valence-corrected chi connectivity index (χ3v) is 6.38. The minimum atomic E-state index is -3.73. The summed E-state index contributed by atoms with van der Waals surface area (Å²) in [5.74, 6) is 0.429. The van der Waals surface area contributed by atoms with Crippen molar-refractivity contribution >= 4 is 19.4 Å². The van der Waals surface area contributed by atoms with Crippen LogP contribution in [0.3, 0.4) is 0 Å². The Morgan fingerprint density at radius 2 is 1.33 bits per heavy atom. The molecule has 0 saturated heterocycles. The molecule has 7 heteroatoms. The molecule has 0 spiro atoms. The average molecular weight is 427 g/mol. The number of carbonyl (C=O) groups excluding carboxylic acids is 2. The Morgan fingerprint density at radius 1 is 0.867 bits per heavy atom. The zero-order valence-corrected chi connectivity index (χ0v) is 18.5. The van der Waals surface area contributed by atoms with Crippen molar-refractivity contribution in [3.05, 3.63) is 82.8 Å². The monoisotopic (exact) mass is 427 g/mol. The molecule has 2 aromatic rings. The number of allylic oxidation sites excluding steroid dienone is 1. The van der Waals surface area contributed by atoms with Gasteiger partial charge in [0.15, 0.2) is 0 Å². The molecular formula is C23H26NO5P. The first-order chi connectivity index (χ1) is 14.2. The van der Waals surface area contributed by atoms with E-state index in [1.165, 1.54) is 5.82 Å². The maximum atomic E-state index is 13.5. The molecular weight excluding hydrogens is 401 g/mol. The van der Waals surface area contributed by atoms with Gasteiger partial charge >= 0.3 is 7.60 Å². The predicted octanol–water partition coefficient (Wildman–Crippen LogP) is 5.41. The van der Waals surface area contributed by atoms with Crippen molar-refractivity contribution in [1.82, 2.24) is 4.90 Å². The van der Waals surface area contributed by atoms with Crippen molar-refractivity contribution in [1.29, 1.82) is 0 Å². The van der Waals surface area contributed by atoms with Crippen molar-refractivity contribution < 1.29 is 23.2 Å². The van der Waals surface area contributed by atoms with Crippen LogP contribution in [-0.4, -0.2) is 28.9 Å². The van der Waals surface area contributed by atoms with Crippen LogP contribution in [0, 0.1) is 0 Å². The molecule has 1 aliphatic heterocycles. The fourth-order valence-corrected chi connectivity index (χ4v) is 5.21. The van der Waals surface area contributed by atoms with Crippen LogP contribution in [-0.2, 0) is 20.0 Å². The molecule has 158 valence electrons. The molecule has 2 aromatic carbocycles. The highest BCUT2D eigenvalue weighted by molar-refractivity contribution is 7.57. The minimum absolute atomic E-state index is 0.221. The Labute approximate surface area is 177 Å². The molecule has 0 radical (unpaired) electrons. The van der Waals surface area contributed by atoms with Gasteiger partial charge in [-0.25, -0.2) is 4.90 Å². The second-order valence-electron chi connectivity index (χ2n) is 7.62. The molecule has 3 rings (SSSR count). The first-order valence-corrected chi connectivity index (χ1v) is 11.5. The molecule has 0 unspecified atom stereocenters. The zero-order valence-electron chi connectivity index (χ0n) is 17.6. The first kappa shape index (κ1) is 22.2. The highest BCUT2D eigenvalue weighted by Crippen LogP contribution is 2.53. The van der Waals surface area contributed by atoms with Gasteiger partial charge in [-0.15, -0.1) is 0 Å². The predicted molar refractivity (Wildman–Crippen MR) is 115 cm³/mol. The fraction of sp³-hybridized carbons (Fsp3) is 0.304. The molecule has 0 atom stereocenters. The Hall–Kier alpha value is -2.53. The minimum Gasteiger partial charge on any atom is -0.303 e. The maximum Gasteiger partial charge on any atom is 0.356 e. The third-order valence-electron chi connectivity index (χ3n) is 4.33. The summed E-state index contributed by atoms with van der Waals surface area (Å²) in [6, 6.07) is 16.0. The molecule has 0 saturated carbocycles. The Bertz CT molecular complexity index is 964. The lowest BCUT2D eigenvalue weighted by atomic mass is 10.1. The van der Waals surface area contributed by atoms with Gasteiger partial charge in [-0.1, -0.05) is 42.5 Å². The number of amides is 2. The summed E-state index contributed by atoms with van der Waals surface area (Å²) in [4.78, 5) is 27.2. The topological polar surface area (TPSA) is 72.9 Å². The first-order valence-electron chi connectivity index (χ1n) is 9.90. The van der Waals surface area contributed by atoms with E-state index >= 15 is 0 Å². The molecule has 0 fully saturated rings. The van der Waals surface area contributed by atoms with Crippen LogP contribution >= 0.6 is 7.60 Å². The van der Waals surface area contributed by atoms with Crippen molar-refractivity contribution in [2.75, 3.05) is 0 Å². The van der Waals surface area contributed by atoms with Crippen LogP contribution in [0.25, 0.3) is 0 Å². The number of rotatable bonds is 8. The van der Waals surface area contributed by atoms with Gasteiger partial charge < -0.3 is 9.05 Å². The molecule has 0 bridgehead atoms. The molecule has 0 aliphatic carbocycles. The summed E-state index contributed by atoms with van der Waals surface area (Å²) in [5.41, 5.74) is 1.79. The van der Waals surface area contributed by atoms with Crippen LogP contribution in [0.4, 0.5) is 0 Å². The Kier molecular flexibility index (Phi) is 6.71. The van der Waals surface area contributed by atoms with E-state index in [2.05, 4.69) is 0 Å². The van der Waals surface area contributed by atoms with E-state index in [9.17, 15) is 14.2 Å². The SMILES string of the molecule is CC(C)OP(=O)(/C=C(\Cc1ccccc1)N1C(=O)c2ccccc2C1=O)OC(C)C. The van der Waals surface area contributed by atoms with Gasteiger partial charge in [0.1, 0.15) is 0 Å². The largest absolute Gasteiger partial charge is 0.356 e. The quantitative estimate of drug-likeness (QED) is 0.416. The lowest BCUT2D eigenvalue weighted by Crippen LogP contribution is -2.30. The summed E-state index contributed by atoms with van der Waals surface area (Å²) >= 11 is 0. The van der Waals surface area contributed by atoms with Gasteiger partial charge in [0.05, 0.1) is 23.3 Å². The van der Waals surface area contributed by atoms with E-state index < -0.39 is 19.4 Å². The Balaban J connectivity index is 2.09. The molecule has 2 amide bonds. The van der Waals surface area contributed by atoms with Gasteiger partial charge in [-0.2, -0.15) is 0 Å². The van der Waals surface area contributed by atoms with Crippen LogP contribution in [0.15, 0.2) is 66.1 Å². The summed E-state index contributed by atoms with van der Waals surface area (Å²) in [6.07, 6.45) is -0.517. The number of benzene rings is 2. The number of hydrogen-bond acceptors (Lipinski definition) is 5. The van der Waals surface area contributed by atoms with Gasteiger partial charge in [-0.3, -0.25) is 14.2 Å². The normalized spacial score (nSPS) is 14.7. The molecule has 1 aliphatic rings. The molecule has 0 aromatic heterocycles. The van der Waals surface area contributed by atoms with Crippen LogP contribution < -0.4 is 0 Å². The molecule has 30 heavy (non-hydrogen) atoms. The van der Waals surface area contributed by atoms with Gasteiger partial charge in [0, 0.05) is 17.9 Å². The molecule has 0 N–H and O–H groups in total. The zero-order chi connectivity index (χ0) is 21.9. The van der Waals surface area contributed by atoms with E-state index in [-0.39, 0.29) is 24.3 Å². The number of carbonyl (C=O) groups is 2. The second kappa shape index (κ2) is 9.09. The van der Waals surface area contributed by atoms with Gasteiger partial charge in [0.2, 0.25) is 0 Å². The van der Waals surface area contributed by atoms with Crippen molar-refractivity contribution in [2.45, 2.75) is 46.3 Å².